The van der Waals surface area contributed by atoms with Gasteiger partial charge in [-0.2, -0.15) is 0 Å². The standard InChI is InChI=1S/C24H30N6O/c1-17-19(15-25-24(26-17)29-12-6-3-7-13-29)23(31)30-14-8-9-18(16-30)22-27-20-10-4-5-11-21(20)28(22)2/h4-5,10-11,15,18H,3,6-9,12-14,16H2,1-2H3. The number of nitrogens with zero attached hydrogens (tertiary/aromatic N) is 6. The molecule has 162 valence electrons. The molecule has 7 nitrogen and oxygen atoms in total. The number of hydrogen-bond acceptors (Lipinski definition) is 5. The predicted octanol–water partition coefficient (Wildman–Crippen LogP) is 3.68. The van der Waals surface area contributed by atoms with Crippen molar-refractivity contribution in [2.24, 2.45) is 7.05 Å². The molecule has 0 bridgehead atoms. The maximum atomic E-state index is 13.3. The van der Waals surface area contributed by atoms with E-state index in [4.69, 9.17) is 4.98 Å². The fourth-order valence-electron chi connectivity index (χ4n) is 4.98. The number of piperidine rings is 2. The Balaban J connectivity index is 1.35. The van der Waals surface area contributed by atoms with Crippen LogP contribution in [0.5, 0.6) is 0 Å². The van der Waals surface area contributed by atoms with Crippen molar-refractivity contribution in [3.8, 4) is 0 Å². The number of fused-ring (bicyclic) bond motifs is 1. The van der Waals surface area contributed by atoms with Crippen LogP contribution in [0, 0.1) is 6.92 Å². The van der Waals surface area contributed by atoms with Crippen molar-refractivity contribution in [3.63, 3.8) is 0 Å². The minimum atomic E-state index is 0.0335. The fourth-order valence-corrected chi connectivity index (χ4v) is 4.98. The van der Waals surface area contributed by atoms with Gasteiger partial charge in [0, 0.05) is 45.3 Å². The number of hydrogen-bond donors (Lipinski definition) is 0. The van der Waals surface area contributed by atoms with Crippen molar-refractivity contribution >= 4 is 22.9 Å². The summed E-state index contributed by atoms with van der Waals surface area (Å²) in [5.74, 6) is 2.09. The summed E-state index contributed by atoms with van der Waals surface area (Å²) in [7, 11) is 2.07. The Morgan fingerprint density at radius 3 is 2.61 bits per heavy atom. The topological polar surface area (TPSA) is 67.2 Å². The lowest BCUT2D eigenvalue weighted by molar-refractivity contribution is 0.0702. The summed E-state index contributed by atoms with van der Waals surface area (Å²) in [5, 5.41) is 0. The number of amides is 1. The molecule has 2 saturated heterocycles. The molecule has 2 aromatic heterocycles. The summed E-state index contributed by atoms with van der Waals surface area (Å²) in [6, 6.07) is 8.21. The second kappa shape index (κ2) is 8.29. The molecular weight excluding hydrogens is 388 g/mol. The van der Waals surface area contributed by atoms with Gasteiger partial charge in [0.05, 0.1) is 22.3 Å². The number of carbonyl (C=O) groups is 1. The zero-order valence-electron chi connectivity index (χ0n) is 18.4. The molecule has 0 N–H and O–H groups in total. The highest BCUT2D eigenvalue weighted by Gasteiger charge is 2.29. The molecule has 2 fully saturated rings. The van der Waals surface area contributed by atoms with Crippen molar-refractivity contribution in [2.45, 2.75) is 44.9 Å². The Kier molecular flexibility index (Phi) is 5.34. The van der Waals surface area contributed by atoms with E-state index in [0.717, 1.165) is 61.0 Å². The summed E-state index contributed by atoms with van der Waals surface area (Å²) in [5.41, 5.74) is 3.54. The van der Waals surface area contributed by atoms with Crippen LogP contribution in [0.4, 0.5) is 5.95 Å². The van der Waals surface area contributed by atoms with E-state index in [1.165, 1.54) is 19.3 Å². The second-order valence-corrected chi connectivity index (χ2v) is 8.82. The van der Waals surface area contributed by atoms with Gasteiger partial charge in [-0.05, 0) is 51.2 Å². The van der Waals surface area contributed by atoms with Crippen LogP contribution in [-0.4, -0.2) is 56.5 Å². The van der Waals surface area contributed by atoms with Gasteiger partial charge in [-0.3, -0.25) is 4.79 Å². The van der Waals surface area contributed by atoms with Gasteiger partial charge < -0.3 is 14.4 Å². The molecule has 0 radical (unpaired) electrons. The van der Waals surface area contributed by atoms with Crippen LogP contribution in [0.3, 0.4) is 0 Å². The molecule has 1 amide bonds. The van der Waals surface area contributed by atoms with Gasteiger partial charge in [-0.25, -0.2) is 15.0 Å². The Hall–Kier alpha value is -2.96. The van der Waals surface area contributed by atoms with E-state index in [0.29, 0.717) is 12.1 Å². The maximum absolute atomic E-state index is 13.3. The summed E-state index contributed by atoms with van der Waals surface area (Å²) in [4.78, 5) is 31.6. The summed E-state index contributed by atoms with van der Waals surface area (Å²) >= 11 is 0. The molecule has 2 aliphatic rings. The first-order valence-corrected chi connectivity index (χ1v) is 11.4. The predicted molar refractivity (Wildman–Crippen MR) is 121 cm³/mol. The van der Waals surface area contributed by atoms with Gasteiger partial charge in [0.1, 0.15) is 5.82 Å². The molecular formula is C24H30N6O. The zero-order chi connectivity index (χ0) is 21.4. The SMILES string of the molecule is Cc1nc(N2CCCCC2)ncc1C(=O)N1CCCC(c2nc3ccccc3n2C)C1. The lowest BCUT2D eigenvalue weighted by Gasteiger charge is -2.33. The van der Waals surface area contributed by atoms with Gasteiger partial charge in [-0.1, -0.05) is 12.1 Å². The van der Waals surface area contributed by atoms with Crippen molar-refractivity contribution < 1.29 is 4.79 Å². The zero-order valence-corrected chi connectivity index (χ0v) is 18.4. The first kappa shape index (κ1) is 20.0. The minimum Gasteiger partial charge on any atom is -0.341 e. The normalized spacial score (nSPS) is 19.7. The molecule has 1 aromatic carbocycles. The molecule has 1 atom stereocenters. The molecule has 2 aliphatic heterocycles. The molecule has 0 saturated carbocycles. The smallest absolute Gasteiger partial charge is 0.257 e. The van der Waals surface area contributed by atoms with Crippen molar-refractivity contribution in [1.82, 2.24) is 24.4 Å². The first-order valence-electron chi connectivity index (χ1n) is 11.4. The van der Waals surface area contributed by atoms with E-state index in [1.807, 2.05) is 24.0 Å². The van der Waals surface area contributed by atoms with Gasteiger partial charge in [-0.15, -0.1) is 0 Å². The van der Waals surface area contributed by atoms with Crippen molar-refractivity contribution in [2.75, 3.05) is 31.1 Å². The number of carbonyl (C=O) groups excluding carboxylic acids is 1. The number of aromatic nitrogens is 4. The Morgan fingerprint density at radius 1 is 1.03 bits per heavy atom. The van der Waals surface area contributed by atoms with Crippen LogP contribution in [0.1, 0.15) is 59.9 Å². The molecule has 1 unspecified atom stereocenters. The van der Waals surface area contributed by atoms with Gasteiger partial charge in [0.2, 0.25) is 5.95 Å². The van der Waals surface area contributed by atoms with Crippen molar-refractivity contribution in [3.05, 3.63) is 47.5 Å². The third kappa shape index (κ3) is 3.77. The van der Waals surface area contributed by atoms with Crippen LogP contribution >= 0.6 is 0 Å². The molecule has 0 aliphatic carbocycles. The summed E-state index contributed by atoms with van der Waals surface area (Å²) < 4.78 is 2.18. The fraction of sp³-hybridized carbons (Fsp3) is 0.500. The van der Waals surface area contributed by atoms with Gasteiger partial charge >= 0.3 is 0 Å². The van der Waals surface area contributed by atoms with E-state index in [-0.39, 0.29) is 11.8 Å². The average molecular weight is 419 g/mol. The Labute approximate surface area is 183 Å². The molecule has 0 spiro atoms. The number of para-hydroxylation sites is 2. The highest BCUT2D eigenvalue weighted by molar-refractivity contribution is 5.95. The highest BCUT2D eigenvalue weighted by Crippen LogP contribution is 2.29. The molecule has 5 rings (SSSR count). The summed E-state index contributed by atoms with van der Waals surface area (Å²) in [6.07, 6.45) is 7.39. The molecule has 3 aromatic rings. The number of anilines is 1. The third-order valence-electron chi connectivity index (χ3n) is 6.73. The Morgan fingerprint density at radius 2 is 1.84 bits per heavy atom. The number of imidazole rings is 1. The Bertz CT molecular complexity index is 1100. The molecule has 7 heteroatoms. The van der Waals surface area contributed by atoms with Crippen LogP contribution in [0.2, 0.25) is 0 Å². The van der Waals surface area contributed by atoms with E-state index in [9.17, 15) is 4.79 Å². The number of aryl methyl sites for hydroxylation is 2. The number of benzene rings is 1. The maximum Gasteiger partial charge on any atom is 0.257 e. The number of rotatable bonds is 3. The lowest BCUT2D eigenvalue weighted by Crippen LogP contribution is -2.40. The van der Waals surface area contributed by atoms with Crippen LogP contribution in [0.15, 0.2) is 30.5 Å². The largest absolute Gasteiger partial charge is 0.341 e. The van der Waals surface area contributed by atoms with Crippen LogP contribution in [0.25, 0.3) is 11.0 Å². The summed E-state index contributed by atoms with van der Waals surface area (Å²) in [6.45, 7) is 5.38. The first-order chi connectivity index (χ1) is 15.1. The second-order valence-electron chi connectivity index (χ2n) is 8.82. The molecule has 4 heterocycles. The van der Waals surface area contributed by atoms with E-state index < -0.39 is 0 Å². The highest BCUT2D eigenvalue weighted by atomic mass is 16.2. The average Bonchev–Trinajstić information content (AvgIpc) is 3.16. The van der Waals surface area contributed by atoms with Gasteiger partial charge in [0.15, 0.2) is 0 Å². The van der Waals surface area contributed by atoms with E-state index in [1.54, 1.807) is 6.20 Å². The minimum absolute atomic E-state index is 0.0335. The molecule has 31 heavy (non-hydrogen) atoms. The number of likely N-dealkylation sites (tertiary alicyclic amines) is 1. The van der Waals surface area contributed by atoms with Gasteiger partial charge in [0.25, 0.3) is 5.91 Å². The quantitative estimate of drug-likeness (QED) is 0.649. The van der Waals surface area contributed by atoms with Crippen LogP contribution in [-0.2, 0) is 7.05 Å². The van der Waals surface area contributed by atoms with Crippen LogP contribution < -0.4 is 4.90 Å². The lowest BCUT2D eigenvalue weighted by atomic mass is 9.96. The van der Waals surface area contributed by atoms with E-state index in [2.05, 4.69) is 38.6 Å². The van der Waals surface area contributed by atoms with E-state index >= 15 is 0 Å². The van der Waals surface area contributed by atoms with Crippen molar-refractivity contribution in [1.29, 1.82) is 0 Å². The third-order valence-corrected chi connectivity index (χ3v) is 6.73. The monoisotopic (exact) mass is 418 g/mol.